The molecule has 2 aliphatic rings. The zero-order valence-corrected chi connectivity index (χ0v) is 19.5. The quantitative estimate of drug-likeness (QED) is 0.564. The average molecular weight is 469 g/mol. The van der Waals surface area contributed by atoms with Gasteiger partial charge >= 0.3 is 0 Å². The Kier molecular flexibility index (Phi) is 6.03. The van der Waals surface area contributed by atoms with Crippen molar-refractivity contribution < 1.29 is 12.8 Å². The van der Waals surface area contributed by atoms with Crippen LogP contribution in [0.5, 0.6) is 0 Å². The molecule has 2 aromatic heterocycles. The molecule has 0 N–H and O–H groups in total. The predicted octanol–water partition coefficient (Wildman–Crippen LogP) is 2.94. The third-order valence-corrected chi connectivity index (χ3v) is 8.20. The summed E-state index contributed by atoms with van der Waals surface area (Å²) in [5, 5.41) is 8.83. The van der Waals surface area contributed by atoms with Gasteiger partial charge in [-0.15, -0.1) is 10.2 Å². The summed E-state index contributed by atoms with van der Waals surface area (Å²) in [5.41, 5.74) is 1.51. The van der Waals surface area contributed by atoms with Crippen LogP contribution < -0.4 is 9.80 Å². The van der Waals surface area contributed by atoms with Crippen molar-refractivity contribution in [2.45, 2.75) is 31.1 Å². The summed E-state index contributed by atoms with van der Waals surface area (Å²) in [6.45, 7) is 5.80. The van der Waals surface area contributed by atoms with Crippen molar-refractivity contribution >= 4 is 21.7 Å². The zero-order valence-electron chi connectivity index (χ0n) is 18.7. The molecular weight excluding hydrogens is 440 g/mol. The van der Waals surface area contributed by atoms with Crippen LogP contribution in [-0.4, -0.2) is 67.2 Å². The zero-order chi connectivity index (χ0) is 22.8. The summed E-state index contributed by atoms with van der Waals surface area (Å²) in [5.74, 6) is 2.29. The number of hydrogen-bond acceptors (Lipinski definition) is 8. The molecule has 1 aromatic carbocycles. The van der Waals surface area contributed by atoms with E-state index in [1.807, 2.05) is 12.1 Å². The van der Waals surface area contributed by atoms with Gasteiger partial charge in [-0.25, -0.2) is 13.4 Å². The Morgan fingerprint density at radius 1 is 0.788 bits per heavy atom. The summed E-state index contributed by atoms with van der Waals surface area (Å²) >= 11 is 0. The molecule has 0 aliphatic carbocycles. The number of piperazine rings is 1. The highest BCUT2D eigenvalue weighted by atomic mass is 32.2. The Morgan fingerprint density at radius 3 is 1.94 bits per heavy atom. The highest BCUT2D eigenvalue weighted by molar-refractivity contribution is 7.89. The van der Waals surface area contributed by atoms with Crippen molar-refractivity contribution in [3.63, 3.8) is 0 Å². The predicted molar refractivity (Wildman–Crippen MR) is 126 cm³/mol. The number of benzene rings is 1. The van der Waals surface area contributed by atoms with Crippen LogP contribution in [0.3, 0.4) is 0 Å². The van der Waals surface area contributed by atoms with Gasteiger partial charge < -0.3 is 14.2 Å². The molecule has 0 saturated carbocycles. The van der Waals surface area contributed by atoms with E-state index >= 15 is 0 Å². The monoisotopic (exact) mass is 468 g/mol. The summed E-state index contributed by atoms with van der Waals surface area (Å²) in [6, 6.07) is 10.8. The van der Waals surface area contributed by atoms with Crippen molar-refractivity contribution in [2.75, 3.05) is 49.1 Å². The summed E-state index contributed by atoms with van der Waals surface area (Å²) < 4.78 is 33.1. The molecule has 0 amide bonds. The van der Waals surface area contributed by atoms with Gasteiger partial charge in [0.2, 0.25) is 10.0 Å². The second-order valence-electron chi connectivity index (χ2n) is 8.46. The Balaban J connectivity index is 1.22. The molecule has 0 bridgehead atoms. The number of anilines is 2. The molecule has 0 atom stereocenters. The van der Waals surface area contributed by atoms with Crippen LogP contribution in [0.4, 0.5) is 11.6 Å². The SMILES string of the molecule is Cc1nc(-c2ccc(S(=O)(=O)N3CCN(c4ccc(N5CCCCC5)nn4)CC3)cc2)co1. The van der Waals surface area contributed by atoms with Crippen LogP contribution in [0.25, 0.3) is 11.3 Å². The molecule has 4 heterocycles. The fourth-order valence-corrected chi connectivity index (χ4v) is 5.80. The molecule has 0 spiro atoms. The van der Waals surface area contributed by atoms with Crippen LogP contribution in [0.2, 0.25) is 0 Å². The van der Waals surface area contributed by atoms with E-state index in [9.17, 15) is 8.42 Å². The first kappa shape index (κ1) is 21.8. The Morgan fingerprint density at radius 2 is 1.39 bits per heavy atom. The number of hydrogen-bond donors (Lipinski definition) is 0. The molecule has 174 valence electrons. The van der Waals surface area contributed by atoms with Crippen LogP contribution in [-0.2, 0) is 10.0 Å². The number of rotatable bonds is 5. The van der Waals surface area contributed by atoms with Crippen molar-refractivity contribution in [1.29, 1.82) is 0 Å². The standard InChI is InChI=1S/C23H28N6O3S/c1-18-24-21(17-32-18)19-5-7-20(8-6-19)33(30,31)29-15-13-28(14-16-29)23-10-9-22(25-26-23)27-11-3-2-4-12-27/h5-10,17H,2-4,11-16H2,1H3. The fraction of sp³-hybridized carbons (Fsp3) is 0.435. The molecule has 5 rings (SSSR count). The fourth-order valence-electron chi connectivity index (χ4n) is 4.38. The van der Waals surface area contributed by atoms with Crippen molar-refractivity contribution in [1.82, 2.24) is 19.5 Å². The topological polar surface area (TPSA) is 95.7 Å². The second-order valence-corrected chi connectivity index (χ2v) is 10.4. The molecule has 10 heteroatoms. The highest BCUT2D eigenvalue weighted by Crippen LogP contribution is 2.25. The molecule has 2 aliphatic heterocycles. The van der Waals surface area contributed by atoms with Gasteiger partial charge in [-0.3, -0.25) is 0 Å². The van der Waals surface area contributed by atoms with E-state index in [1.54, 1.807) is 37.5 Å². The minimum atomic E-state index is -3.56. The minimum absolute atomic E-state index is 0.283. The van der Waals surface area contributed by atoms with E-state index < -0.39 is 10.0 Å². The van der Waals surface area contributed by atoms with Gasteiger partial charge in [-0.05, 0) is 43.5 Å². The molecule has 3 aromatic rings. The van der Waals surface area contributed by atoms with Gasteiger partial charge in [0, 0.05) is 51.8 Å². The smallest absolute Gasteiger partial charge is 0.243 e. The number of nitrogens with zero attached hydrogens (tertiary/aromatic N) is 6. The Hall–Kier alpha value is -2.98. The normalized spacial score (nSPS) is 18.0. The first-order valence-electron chi connectivity index (χ1n) is 11.4. The minimum Gasteiger partial charge on any atom is -0.449 e. The maximum Gasteiger partial charge on any atom is 0.243 e. The van der Waals surface area contributed by atoms with Gasteiger partial charge in [0.05, 0.1) is 4.90 Å². The lowest BCUT2D eigenvalue weighted by molar-refractivity contribution is 0.383. The van der Waals surface area contributed by atoms with Gasteiger partial charge in [0.15, 0.2) is 17.5 Å². The molecule has 9 nitrogen and oxygen atoms in total. The molecule has 2 fully saturated rings. The highest BCUT2D eigenvalue weighted by Gasteiger charge is 2.29. The first-order valence-corrected chi connectivity index (χ1v) is 12.8. The van der Waals surface area contributed by atoms with E-state index in [1.165, 1.54) is 23.6 Å². The van der Waals surface area contributed by atoms with Gasteiger partial charge in [0.25, 0.3) is 0 Å². The molecule has 2 saturated heterocycles. The lowest BCUT2D eigenvalue weighted by Gasteiger charge is -2.34. The van der Waals surface area contributed by atoms with Gasteiger partial charge in [-0.2, -0.15) is 4.31 Å². The van der Waals surface area contributed by atoms with Crippen molar-refractivity contribution in [2.24, 2.45) is 0 Å². The van der Waals surface area contributed by atoms with Gasteiger partial charge in [-0.1, -0.05) is 12.1 Å². The molecular formula is C23H28N6O3S. The Bertz CT molecular complexity index is 1180. The number of sulfonamides is 1. The van der Waals surface area contributed by atoms with Crippen LogP contribution in [0, 0.1) is 6.92 Å². The Labute approximate surface area is 194 Å². The second kappa shape index (κ2) is 9.11. The van der Waals surface area contributed by atoms with E-state index in [0.29, 0.717) is 37.8 Å². The summed E-state index contributed by atoms with van der Waals surface area (Å²) in [7, 11) is -3.56. The van der Waals surface area contributed by atoms with Crippen LogP contribution >= 0.6 is 0 Å². The number of aryl methyl sites for hydroxylation is 1. The summed E-state index contributed by atoms with van der Waals surface area (Å²) in [4.78, 5) is 8.94. The summed E-state index contributed by atoms with van der Waals surface area (Å²) in [6.07, 6.45) is 5.24. The third kappa shape index (κ3) is 4.58. The maximum absolute atomic E-state index is 13.1. The number of oxazole rings is 1. The number of piperidine rings is 1. The lowest BCUT2D eigenvalue weighted by atomic mass is 10.1. The molecule has 0 unspecified atom stereocenters. The lowest BCUT2D eigenvalue weighted by Crippen LogP contribution is -2.49. The average Bonchev–Trinajstić information content (AvgIpc) is 3.31. The van der Waals surface area contributed by atoms with E-state index in [4.69, 9.17) is 4.42 Å². The first-order chi connectivity index (χ1) is 16.0. The van der Waals surface area contributed by atoms with Crippen LogP contribution in [0.1, 0.15) is 25.2 Å². The van der Waals surface area contributed by atoms with Gasteiger partial charge in [0.1, 0.15) is 12.0 Å². The van der Waals surface area contributed by atoms with E-state index in [2.05, 4.69) is 25.0 Å². The molecule has 0 radical (unpaired) electrons. The third-order valence-electron chi connectivity index (χ3n) is 6.29. The van der Waals surface area contributed by atoms with Crippen LogP contribution in [0.15, 0.2) is 52.0 Å². The van der Waals surface area contributed by atoms with E-state index in [-0.39, 0.29) is 4.90 Å². The largest absolute Gasteiger partial charge is 0.449 e. The van der Waals surface area contributed by atoms with Crippen molar-refractivity contribution in [3.05, 3.63) is 48.6 Å². The molecule has 33 heavy (non-hydrogen) atoms. The maximum atomic E-state index is 13.1. The van der Waals surface area contributed by atoms with E-state index in [0.717, 1.165) is 30.3 Å². The van der Waals surface area contributed by atoms with Crippen molar-refractivity contribution in [3.8, 4) is 11.3 Å². The number of aromatic nitrogens is 3.